The minimum Gasteiger partial charge on any atom is -0.492 e. The Morgan fingerprint density at radius 3 is 2.72 bits per heavy atom. The van der Waals surface area contributed by atoms with Crippen LogP contribution in [-0.4, -0.2) is 42.5 Å². The summed E-state index contributed by atoms with van der Waals surface area (Å²) in [5, 5.41) is 10.4. The number of benzene rings is 1. The van der Waals surface area contributed by atoms with E-state index in [0.717, 1.165) is 31.6 Å². The average molecular weight is 465 g/mol. The third kappa shape index (κ3) is 7.67. The fraction of sp³-hybridized carbons (Fsp3) is 0.375. The van der Waals surface area contributed by atoms with Gasteiger partial charge < -0.3 is 15.4 Å². The molecule has 0 aliphatic rings. The van der Waals surface area contributed by atoms with Crippen LogP contribution in [0.3, 0.4) is 0 Å². The lowest BCUT2D eigenvalue weighted by Gasteiger charge is -2.12. The highest BCUT2D eigenvalue weighted by Gasteiger charge is 2.03. The standard InChI is InChI=1S/C16H21F2N5O.HI/c1-19-16(20-6-2-9-23-10-3-7-22-23)21-8-11-24-13-4-5-14(17)15(18)12-13;/h3-5,7,10,12H,2,6,8-9,11H2,1H3,(H2,19,20,21);1H. The Kier molecular flexibility index (Phi) is 9.81. The number of nitrogens with one attached hydrogen (secondary N) is 2. The van der Waals surface area contributed by atoms with E-state index in [1.807, 2.05) is 16.9 Å². The van der Waals surface area contributed by atoms with Crippen molar-refractivity contribution in [1.29, 1.82) is 0 Å². The van der Waals surface area contributed by atoms with Gasteiger partial charge in [-0.15, -0.1) is 24.0 Å². The molecule has 0 aliphatic carbocycles. The number of aromatic nitrogens is 2. The van der Waals surface area contributed by atoms with Crippen molar-refractivity contribution >= 4 is 29.9 Å². The number of guanidine groups is 1. The summed E-state index contributed by atoms with van der Waals surface area (Å²) in [6.07, 6.45) is 4.58. The topological polar surface area (TPSA) is 63.5 Å². The Morgan fingerprint density at radius 1 is 1.24 bits per heavy atom. The lowest BCUT2D eigenvalue weighted by molar-refractivity contribution is 0.318. The van der Waals surface area contributed by atoms with Gasteiger partial charge in [-0.1, -0.05) is 0 Å². The Morgan fingerprint density at radius 2 is 2.04 bits per heavy atom. The van der Waals surface area contributed by atoms with Gasteiger partial charge in [-0.25, -0.2) is 8.78 Å². The molecule has 0 atom stereocenters. The van der Waals surface area contributed by atoms with Crippen molar-refractivity contribution < 1.29 is 13.5 Å². The van der Waals surface area contributed by atoms with E-state index < -0.39 is 11.6 Å². The van der Waals surface area contributed by atoms with Crippen LogP contribution in [0.1, 0.15) is 6.42 Å². The molecule has 6 nitrogen and oxygen atoms in total. The first kappa shape index (κ1) is 21.1. The second-order valence-corrected chi connectivity index (χ2v) is 4.97. The third-order valence-corrected chi connectivity index (χ3v) is 3.19. The molecule has 0 bridgehead atoms. The summed E-state index contributed by atoms with van der Waals surface area (Å²) in [6, 6.07) is 5.34. The minimum absolute atomic E-state index is 0. The SMILES string of the molecule is CN=C(NCCCn1cccn1)NCCOc1ccc(F)c(F)c1.I. The molecule has 1 aromatic carbocycles. The van der Waals surface area contributed by atoms with Crippen molar-refractivity contribution in [3.8, 4) is 5.75 Å². The molecular formula is C16H22F2IN5O. The fourth-order valence-corrected chi connectivity index (χ4v) is 2.01. The summed E-state index contributed by atoms with van der Waals surface area (Å²) in [6.45, 7) is 2.37. The maximum atomic E-state index is 13.0. The number of halogens is 3. The Balaban J connectivity index is 0.00000312. The molecule has 1 aromatic heterocycles. The van der Waals surface area contributed by atoms with Crippen LogP contribution in [0.5, 0.6) is 5.75 Å². The first-order chi connectivity index (χ1) is 11.7. The van der Waals surface area contributed by atoms with E-state index in [9.17, 15) is 8.78 Å². The van der Waals surface area contributed by atoms with E-state index in [1.165, 1.54) is 6.07 Å². The fourth-order valence-electron chi connectivity index (χ4n) is 2.01. The molecule has 138 valence electrons. The number of nitrogens with zero attached hydrogens (tertiary/aromatic N) is 3. The Labute approximate surface area is 162 Å². The molecular weight excluding hydrogens is 443 g/mol. The highest BCUT2D eigenvalue weighted by atomic mass is 127. The van der Waals surface area contributed by atoms with E-state index in [4.69, 9.17) is 4.74 Å². The molecule has 2 N–H and O–H groups in total. The van der Waals surface area contributed by atoms with Crippen molar-refractivity contribution in [3.63, 3.8) is 0 Å². The van der Waals surface area contributed by atoms with E-state index >= 15 is 0 Å². The van der Waals surface area contributed by atoms with Gasteiger partial charge in [-0.2, -0.15) is 5.10 Å². The maximum absolute atomic E-state index is 13.0. The molecule has 0 saturated carbocycles. The zero-order valence-corrected chi connectivity index (χ0v) is 16.2. The van der Waals surface area contributed by atoms with Crippen LogP contribution in [0.15, 0.2) is 41.7 Å². The zero-order chi connectivity index (χ0) is 17.2. The molecule has 2 rings (SSSR count). The number of aryl methyl sites for hydroxylation is 1. The van der Waals surface area contributed by atoms with Crippen LogP contribution in [0.4, 0.5) is 8.78 Å². The van der Waals surface area contributed by atoms with Gasteiger partial charge in [0.25, 0.3) is 0 Å². The summed E-state index contributed by atoms with van der Waals surface area (Å²) < 4.78 is 33.1. The zero-order valence-electron chi connectivity index (χ0n) is 13.9. The molecule has 0 unspecified atom stereocenters. The number of rotatable bonds is 8. The van der Waals surface area contributed by atoms with Gasteiger partial charge >= 0.3 is 0 Å². The van der Waals surface area contributed by atoms with Gasteiger partial charge in [0.2, 0.25) is 0 Å². The average Bonchev–Trinajstić information content (AvgIpc) is 3.10. The van der Waals surface area contributed by atoms with Gasteiger partial charge in [-0.3, -0.25) is 9.67 Å². The summed E-state index contributed by atoms with van der Waals surface area (Å²) in [7, 11) is 1.68. The first-order valence-corrected chi connectivity index (χ1v) is 7.69. The molecule has 9 heteroatoms. The molecule has 2 aromatic rings. The lowest BCUT2D eigenvalue weighted by atomic mass is 10.3. The molecule has 0 spiro atoms. The van der Waals surface area contributed by atoms with Crippen molar-refractivity contribution in [1.82, 2.24) is 20.4 Å². The van der Waals surface area contributed by atoms with Crippen LogP contribution < -0.4 is 15.4 Å². The van der Waals surface area contributed by atoms with Crippen LogP contribution >= 0.6 is 24.0 Å². The number of hydrogen-bond donors (Lipinski definition) is 2. The summed E-state index contributed by atoms with van der Waals surface area (Å²) >= 11 is 0. The van der Waals surface area contributed by atoms with Crippen molar-refractivity contribution in [3.05, 3.63) is 48.3 Å². The van der Waals surface area contributed by atoms with E-state index in [2.05, 4.69) is 20.7 Å². The Bertz CT molecular complexity index is 652. The van der Waals surface area contributed by atoms with Gasteiger partial charge in [0.15, 0.2) is 17.6 Å². The number of ether oxygens (including phenoxy) is 1. The molecule has 0 aliphatic heterocycles. The minimum atomic E-state index is -0.921. The summed E-state index contributed by atoms with van der Waals surface area (Å²) in [4.78, 5) is 4.10. The van der Waals surface area contributed by atoms with Crippen LogP contribution in [0.25, 0.3) is 0 Å². The highest BCUT2D eigenvalue weighted by molar-refractivity contribution is 14.0. The summed E-state index contributed by atoms with van der Waals surface area (Å²) in [5.74, 6) is -0.863. The highest BCUT2D eigenvalue weighted by Crippen LogP contribution is 2.14. The molecule has 0 amide bonds. The molecule has 0 saturated heterocycles. The quantitative estimate of drug-likeness (QED) is 0.272. The Hall–Kier alpha value is -1.91. The predicted octanol–water partition coefficient (Wildman–Crippen LogP) is 2.41. The predicted molar refractivity (Wildman–Crippen MR) is 103 cm³/mol. The normalized spacial score (nSPS) is 10.9. The molecule has 0 fully saturated rings. The van der Waals surface area contributed by atoms with Crippen LogP contribution in [0.2, 0.25) is 0 Å². The van der Waals surface area contributed by atoms with Crippen LogP contribution in [0, 0.1) is 11.6 Å². The molecule has 0 radical (unpaired) electrons. The second-order valence-electron chi connectivity index (χ2n) is 4.97. The van der Waals surface area contributed by atoms with Crippen molar-refractivity contribution in [2.45, 2.75) is 13.0 Å². The summed E-state index contributed by atoms with van der Waals surface area (Å²) in [5.41, 5.74) is 0. The van der Waals surface area contributed by atoms with E-state index in [-0.39, 0.29) is 29.7 Å². The van der Waals surface area contributed by atoms with E-state index in [0.29, 0.717) is 19.1 Å². The first-order valence-electron chi connectivity index (χ1n) is 7.69. The number of hydrogen-bond acceptors (Lipinski definition) is 3. The van der Waals surface area contributed by atoms with Gasteiger partial charge in [0.1, 0.15) is 12.4 Å². The molecule has 25 heavy (non-hydrogen) atoms. The third-order valence-electron chi connectivity index (χ3n) is 3.19. The smallest absolute Gasteiger partial charge is 0.191 e. The van der Waals surface area contributed by atoms with E-state index in [1.54, 1.807) is 13.2 Å². The lowest BCUT2D eigenvalue weighted by Crippen LogP contribution is -2.39. The van der Waals surface area contributed by atoms with Gasteiger partial charge in [-0.05, 0) is 24.6 Å². The van der Waals surface area contributed by atoms with Crippen molar-refractivity contribution in [2.24, 2.45) is 4.99 Å². The van der Waals surface area contributed by atoms with Crippen molar-refractivity contribution in [2.75, 3.05) is 26.7 Å². The monoisotopic (exact) mass is 465 g/mol. The second kappa shape index (κ2) is 11.6. The maximum Gasteiger partial charge on any atom is 0.191 e. The van der Waals surface area contributed by atoms with Gasteiger partial charge in [0.05, 0.1) is 6.54 Å². The number of aliphatic imine (C=N–C) groups is 1. The van der Waals surface area contributed by atoms with Crippen LogP contribution in [-0.2, 0) is 6.54 Å². The molecule has 1 heterocycles. The largest absolute Gasteiger partial charge is 0.492 e. The van der Waals surface area contributed by atoms with Gasteiger partial charge in [0, 0.05) is 38.6 Å².